The molecule has 7 aromatic rings. The van der Waals surface area contributed by atoms with E-state index in [2.05, 4.69) is 75.2 Å². The van der Waals surface area contributed by atoms with Gasteiger partial charge in [0.05, 0.1) is 11.0 Å². The number of furan rings is 1. The normalized spacial score (nSPS) is 13.2. The van der Waals surface area contributed by atoms with Gasteiger partial charge in [0.25, 0.3) is 0 Å². The fourth-order valence-electron chi connectivity index (χ4n) is 5.79. The van der Waals surface area contributed by atoms with Crippen LogP contribution in [-0.2, 0) is 0 Å². The summed E-state index contributed by atoms with van der Waals surface area (Å²) in [5.41, 5.74) is 7.09. The lowest BCUT2D eigenvalue weighted by Crippen LogP contribution is -2.28. The van der Waals surface area contributed by atoms with Crippen LogP contribution in [0.2, 0.25) is 5.28 Å². The lowest BCUT2D eigenvalue weighted by Gasteiger charge is -2.14. The van der Waals surface area contributed by atoms with E-state index in [-0.39, 0.29) is 5.28 Å². The SMILES string of the molecule is Clc1nc(-c2ccccc2)nc(-c2ccc3c4c(oc3c2)=CCCC=4n2c3ccccc3c3ccccc32)n1. The number of nitrogens with zero attached hydrogens (tertiary/aromatic N) is 4. The number of aromatic nitrogens is 4. The molecule has 39 heavy (non-hydrogen) atoms. The molecule has 1 aliphatic rings. The standard InChI is InChI=1S/C33H21ClN4O/c34-33-36-31(20-9-2-1-3-10-20)35-32(37-33)21-17-18-24-29(19-21)39-28-16-8-15-27(30(24)28)38-25-13-6-4-11-22(25)23-12-5-7-14-26(23)38/h1-7,9-14,16-19H,8,15H2. The summed E-state index contributed by atoms with van der Waals surface area (Å²) in [6.45, 7) is 0. The minimum absolute atomic E-state index is 0.160. The van der Waals surface area contributed by atoms with Crippen LogP contribution in [0.15, 0.2) is 101 Å². The Hall–Kier alpha value is -4.74. The Kier molecular flexibility index (Phi) is 4.94. The van der Waals surface area contributed by atoms with Gasteiger partial charge >= 0.3 is 0 Å². The van der Waals surface area contributed by atoms with Gasteiger partial charge in [-0.3, -0.25) is 0 Å². The van der Waals surface area contributed by atoms with E-state index >= 15 is 0 Å². The van der Waals surface area contributed by atoms with Gasteiger partial charge in [-0.05, 0) is 54.8 Å². The Labute approximate surface area is 228 Å². The van der Waals surface area contributed by atoms with Crippen molar-refractivity contribution in [3.8, 4) is 22.8 Å². The minimum atomic E-state index is 0.160. The van der Waals surface area contributed by atoms with E-state index in [9.17, 15) is 0 Å². The Morgan fingerprint density at radius 1 is 0.667 bits per heavy atom. The van der Waals surface area contributed by atoms with Crippen LogP contribution in [0.1, 0.15) is 12.8 Å². The fraction of sp³-hybridized carbons (Fsp3) is 0.0606. The van der Waals surface area contributed by atoms with E-state index in [4.69, 9.17) is 21.0 Å². The summed E-state index contributed by atoms with van der Waals surface area (Å²) in [5.74, 6) is 1.06. The van der Waals surface area contributed by atoms with Crippen molar-refractivity contribution in [2.24, 2.45) is 0 Å². The Morgan fingerprint density at radius 3 is 2.08 bits per heavy atom. The molecule has 3 aromatic heterocycles. The molecule has 6 heteroatoms. The molecule has 0 amide bonds. The number of halogens is 1. The molecule has 0 saturated carbocycles. The highest BCUT2D eigenvalue weighted by Gasteiger charge is 2.19. The van der Waals surface area contributed by atoms with Crippen LogP contribution in [-0.4, -0.2) is 19.5 Å². The third kappa shape index (κ3) is 3.51. The van der Waals surface area contributed by atoms with Crippen LogP contribution in [0.3, 0.4) is 0 Å². The van der Waals surface area contributed by atoms with Crippen molar-refractivity contribution in [3.63, 3.8) is 0 Å². The van der Waals surface area contributed by atoms with Crippen molar-refractivity contribution in [1.82, 2.24) is 19.5 Å². The van der Waals surface area contributed by atoms with E-state index in [1.54, 1.807) is 0 Å². The summed E-state index contributed by atoms with van der Waals surface area (Å²) in [6.07, 6.45) is 4.04. The van der Waals surface area contributed by atoms with Crippen molar-refractivity contribution in [3.05, 3.63) is 113 Å². The molecule has 1 aliphatic carbocycles. The van der Waals surface area contributed by atoms with E-state index in [0.717, 1.165) is 45.6 Å². The number of benzene rings is 4. The molecule has 0 spiro atoms. The third-order valence-electron chi connectivity index (χ3n) is 7.47. The van der Waals surface area contributed by atoms with Gasteiger partial charge in [0.2, 0.25) is 5.28 Å². The largest absolute Gasteiger partial charge is 0.456 e. The van der Waals surface area contributed by atoms with Crippen LogP contribution in [0, 0.1) is 0 Å². The monoisotopic (exact) mass is 524 g/mol. The van der Waals surface area contributed by atoms with Gasteiger partial charge in [0, 0.05) is 38.2 Å². The van der Waals surface area contributed by atoms with E-state index < -0.39 is 0 Å². The van der Waals surface area contributed by atoms with Gasteiger partial charge in [0.1, 0.15) is 11.0 Å². The topological polar surface area (TPSA) is 56.7 Å². The maximum Gasteiger partial charge on any atom is 0.226 e. The van der Waals surface area contributed by atoms with Gasteiger partial charge in [-0.2, -0.15) is 9.97 Å². The molecule has 0 atom stereocenters. The van der Waals surface area contributed by atoms with Crippen LogP contribution in [0.5, 0.6) is 0 Å². The molecule has 0 saturated heterocycles. The van der Waals surface area contributed by atoms with Crippen molar-refractivity contribution in [2.75, 3.05) is 0 Å². The Balaban J connectivity index is 1.36. The quantitative estimate of drug-likeness (QED) is 0.251. The van der Waals surface area contributed by atoms with Gasteiger partial charge in [-0.15, -0.1) is 0 Å². The first-order chi connectivity index (χ1) is 19.2. The first kappa shape index (κ1) is 22.3. The number of hydrogen-bond acceptors (Lipinski definition) is 4. The Bertz CT molecular complexity index is 2140. The predicted molar refractivity (Wildman–Crippen MR) is 157 cm³/mol. The highest BCUT2D eigenvalue weighted by Crippen LogP contribution is 2.33. The second-order valence-electron chi connectivity index (χ2n) is 9.73. The van der Waals surface area contributed by atoms with Gasteiger partial charge in [0.15, 0.2) is 11.6 Å². The van der Waals surface area contributed by atoms with Crippen LogP contribution < -0.4 is 10.6 Å². The molecule has 0 bridgehead atoms. The van der Waals surface area contributed by atoms with Crippen molar-refractivity contribution < 1.29 is 4.42 Å². The molecular weight excluding hydrogens is 504 g/mol. The maximum atomic E-state index is 6.46. The van der Waals surface area contributed by atoms with Gasteiger partial charge in [-0.1, -0.05) is 72.8 Å². The average Bonchev–Trinajstić information content (AvgIpc) is 3.53. The highest BCUT2D eigenvalue weighted by molar-refractivity contribution is 6.28. The first-order valence-electron chi connectivity index (χ1n) is 13.0. The van der Waals surface area contributed by atoms with E-state index in [0.29, 0.717) is 11.6 Å². The van der Waals surface area contributed by atoms with Gasteiger partial charge < -0.3 is 8.98 Å². The van der Waals surface area contributed by atoms with Crippen LogP contribution in [0.25, 0.3) is 67.3 Å². The number of rotatable bonds is 3. The lowest BCUT2D eigenvalue weighted by atomic mass is 10.0. The maximum absolute atomic E-state index is 6.46. The highest BCUT2D eigenvalue weighted by atomic mass is 35.5. The summed E-state index contributed by atoms with van der Waals surface area (Å²) in [7, 11) is 0. The smallest absolute Gasteiger partial charge is 0.226 e. The summed E-state index contributed by atoms with van der Waals surface area (Å²) < 4.78 is 8.87. The lowest BCUT2D eigenvalue weighted by molar-refractivity contribution is 0.570. The van der Waals surface area contributed by atoms with E-state index in [1.807, 2.05) is 42.5 Å². The molecule has 8 rings (SSSR count). The zero-order valence-corrected chi connectivity index (χ0v) is 21.6. The molecule has 3 heterocycles. The molecule has 186 valence electrons. The van der Waals surface area contributed by atoms with E-state index in [1.165, 1.54) is 27.5 Å². The zero-order chi connectivity index (χ0) is 25.9. The van der Waals surface area contributed by atoms with Crippen molar-refractivity contribution in [1.29, 1.82) is 0 Å². The zero-order valence-electron chi connectivity index (χ0n) is 20.8. The number of hydrogen-bond donors (Lipinski definition) is 0. The predicted octanol–water partition coefficient (Wildman–Crippen LogP) is 6.94. The van der Waals surface area contributed by atoms with Crippen LogP contribution >= 0.6 is 11.6 Å². The second kappa shape index (κ2) is 8.65. The molecule has 0 radical (unpaired) electrons. The van der Waals surface area contributed by atoms with Crippen LogP contribution in [0.4, 0.5) is 0 Å². The fourth-order valence-corrected chi connectivity index (χ4v) is 5.95. The summed E-state index contributed by atoms with van der Waals surface area (Å²) >= 11 is 6.33. The summed E-state index contributed by atoms with van der Waals surface area (Å²) in [6, 6.07) is 33.2. The summed E-state index contributed by atoms with van der Waals surface area (Å²) in [5, 5.41) is 4.89. The first-order valence-corrected chi connectivity index (χ1v) is 13.3. The molecule has 0 N–H and O–H groups in total. The van der Waals surface area contributed by atoms with Gasteiger partial charge in [-0.25, -0.2) is 4.98 Å². The molecule has 0 aliphatic heterocycles. The second-order valence-corrected chi connectivity index (χ2v) is 10.1. The minimum Gasteiger partial charge on any atom is -0.456 e. The van der Waals surface area contributed by atoms with Crippen molar-refractivity contribution in [2.45, 2.75) is 12.8 Å². The van der Waals surface area contributed by atoms with Crippen molar-refractivity contribution >= 4 is 56.1 Å². The summed E-state index contributed by atoms with van der Waals surface area (Å²) in [4.78, 5) is 13.5. The number of fused-ring (bicyclic) bond motifs is 6. The Morgan fingerprint density at radius 2 is 1.33 bits per heavy atom. The molecular formula is C33H21ClN4O. The average molecular weight is 525 g/mol. The third-order valence-corrected chi connectivity index (χ3v) is 7.63. The molecule has 0 unspecified atom stereocenters. The number of para-hydroxylation sites is 2. The molecule has 4 aromatic carbocycles. The molecule has 0 fully saturated rings. The molecule has 5 nitrogen and oxygen atoms in total.